The molecule has 0 N–H and O–H groups in total. The van der Waals surface area contributed by atoms with E-state index in [2.05, 4.69) is 4.74 Å². The van der Waals surface area contributed by atoms with Gasteiger partial charge >= 0.3 is 11.9 Å². The summed E-state index contributed by atoms with van der Waals surface area (Å²) in [5.74, 6) is -0.372. The summed E-state index contributed by atoms with van der Waals surface area (Å²) in [5.41, 5.74) is -0.712. The van der Waals surface area contributed by atoms with Crippen LogP contribution in [0, 0.1) is 0 Å². The fraction of sp³-hybridized carbons (Fsp3) is 0.714. The first-order chi connectivity index (χ1) is 5.72. The van der Waals surface area contributed by atoms with Crippen molar-refractivity contribution in [2.45, 2.75) is 25.4 Å². The van der Waals surface area contributed by atoms with Crippen molar-refractivity contribution in [1.29, 1.82) is 0 Å². The van der Waals surface area contributed by atoms with Gasteiger partial charge in [-0.3, -0.25) is 9.59 Å². The molecular weight excluding hydrogens is 180 g/mol. The van der Waals surface area contributed by atoms with E-state index in [9.17, 15) is 9.59 Å². The first-order valence-electron chi connectivity index (χ1n) is 3.73. The first kappa shape index (κ1) is 9.38. The van der Waals surface area contributed by atoms with E-state index in [0.717, 1.165) is 6.42 Å². The predicted octanol–water partition coefficient (Wildman–Crippen LogP) is 0.903. The Balaban J connectivity index is 2.23. The Hall–Kier alpha value is -0.710. The molecule has 1 fully saturated rings. The standard InChI is InChI=1S/C7H10O4S/c1-2-3-5(8)10-7-11-6(9)4-12-7/h7H,2-4H2,1H3. The van der Waals surface area contributed by atoms with Crippen LogP contribution in [-0.2, 0) is 19.1 Å². The third-order valence-corrected chi connectivity index (χ3v) is 2.11. The molecule has 0 aromatic rings. The van der Waals surface area contributed by atoms with Gasteiger partial charge in [0, 0.05) is 6.42 Å². The molecule has 1 saturated heterocycles. The van der Waals surface area contributed by atoms with Gasteiger partial charge in [-0.2, -0.15) is 0 Å². The summed E-state index contributed by atoms with van der Waals surface area (Å²) in [4.78, 5) is 21.4. The van der Waals surface area contributed by atoms with Crippen molar-refractivity contribution < 1.29 is 19.1 Å². The summed E-state index contributed by atoms with van der Waals surface area (Å²) in [6.45, 7) is 1.88. The molecule has 0 aliphatic carbocycles. The van der Waals surface area contributed by atoms with E-state index in [4.69, 9.17) is 4.74 Å². The van der Waals surface area contributed by atoms with Crippen LogP contribution >= 0.6 is 11.8 Å². The highest BCUT2D eigenvalue weighted by atomic mass is 32.2. The van der Waals surface area contributed by atoms with E-state index in [1.54, 1.807) is 0 Å². The normalized spacial score (nSPS) is 22.1. The van der Waals surface area contributed by atoms with Crippen LogP contribution in [0.5, 0.6) is 0 Å². The molecule has 1 atom stereocenters. The number of hydrogen-bond acceptors (Lipinski definition) is 5. The number of rotatable bonds is 3. The highest BCUT2D eigenvalue weighted by Crippen LogP contribution is 2.22. The fourth-order valence-corrected chi connectivity index (χ4v) is 1.43. The van der Waals surface area contributed by atoms with Crippen LogP contribution in [0.15, 0.2) is 0 Å². The lowest BCUT2D eigenvalue weighted by Gasteiger charge is -2.08. The number of thioether (sulfide) groups is 1. The van der Waals surface area contributed by atoms with E-state index >= 15 is 0 Å². The molecule has 1 aliphatic rings. The van der Waals surface area contributed by atoms with Crippen LogP contribution in [0.3, 0.4) is 0 Å². The van der Waals surface area contributed by atoms with Crippen molar-refractivity contribution in [3.05, 3.63) is 0 Å². The summed E-state index contributed by atoms with van der Waals surface area (Å²) in [7, 11) is 0. The van der Waals surface area contributed by atoms with Crippen LogP contribution in [0.1, 0.15) is 19.8 Å². The zero-order chi connectivity index (χ0) is 8.97. The Morgan fingerprint density at radius 3 is 3.08 bits per heavy atom. The number of hydrogen-bond donors (Lipinski definition) is 0. The topological polar surface area (TPSA) is 52.6 Å². The Morgan fingerprint density at radius 1 is 1.83 bits per heavy atom. The quantitative estimate of drug-likeness (QED) is 0.619. The van der Waals surface area contributed by atoms with E-state index in [1.807, 2.05) is 6.92 Å². The zero-order valence-electron chi connectivity index (χ0n) is 6.74. The van der Waals surface area contributed by atoms with Crippen LogP contribution < -0.4 is 0 Å². The first-order valence-corrected chi connectivity index (χ1v) is 4.78. The number of carbonyl (C=O) groups excluding carboxylic acids is 2. The smallest absolute Gasteiger partial charge is 0.319 e. The van der Waals surface area contributed by atoms with Gasteiger partial charge in [-0.25, -0.2) is 0 Å². The summed E-state index contributed by atoms with van der Waals surface area (Å²) < 4.78 is 9.46. The molecule has 68 valence electrons. The molecule has 1 heterocycles. The molecule has 0 aromatic carbocycles. The molecule has 5 heteroatoms. The molecule has 0 amide bonds. The minimum Gasteiger partial charge on any atom is -0.415 e. The van der Waals surface area contributed by atoms with E-state index < -0.39 is 5.62 Å². The van der Waals surface area contributed by atoms with Crippen LogP contribution in [0.25, 0.3) is 0 Å². The summed E-state index contributed by atoms with van der Waals surface area (Å²) in [5, 5.41) is 0. The van der Waals surface area contributed by atoms with Gasteiger partial charge in [0.2, 0.25) is 0 Å². The second-order valence-electron chi connectivity index (χ2n) is 2.33. The van der Waals surface area contributed by atoms with Crippen molar-refractivity contribution in [2.75, 3.05) is 5.75 Å². The Morgan fingerprint density at radius 2 is 2.58 bits per heavy atom. The van der Waals surface area contributed by atoms with Gasteiger partial charge in [0.15, 0.2) is 0 Å². The molecule has 12 heavy (non-hydrogen) atoms. The summed E-state index contributed by atoms with van der Waals surface area (Å²) >= 11 is 1.19. The zero-order valence-corrected chi connectivity index (χ0v) is 7.56. The average Bonchev–Trinajstić information content (AvgIpc) is 2.36. The Kier molecular flexibility index (Phi) is 3.40. The maximum Gasteiger partial charge on any atom is 0.319 e. The molecule has 1 unspecified atom stereocenters. The van der Waals surface area contributed by atoms with Gasteiger partial charge in [-0.05, 0) is 6.42 Å². The van der Waals surface area contributed by atoms with E-state index in [-0.39, 0.29) is 17.7 Å². The highest BCUT2D eigenvalue weighted by Gasteiger charge is 2.26. The SMILES string of the molecule is CCCC(=O)OC1OC(=O)CS1. The third-order valence-electron chi connectivity index (χ3n) is 1.25. The van der Waals surface area contributed by atoms with Crippen molar-refractivity contribution in [3.8, 4) is 0 Å². The van der Waals surface area contributed by atoms with Crippen LogP contribution in [0.2, 0.25) is 0 Å². The van der Waals surface area contributed by atoms with Crippen molar-refractivity contribution in [1.82, 2.24) is 0 Å². The van der Waals surface area contributed by atoms with Gasteiger partial charge in [-0.15, -0.1) is 0 Å². The third kappa shape index (κ3) is 2.73. The van der Waals surface area contributed by atoms with Crippen molar-refractivity contribution >= 4 is 23.7 Å². The monoisotopic (exact) mass is 190 g/mol. The van der Waals surface area contributed by atoms with Gasteiger partial charge in [0.25, 0.3) is 5.62 Å². The second kappa shape index (κ2) is 4.35. The largest absolute Gasteiger partial charge is 0.415 e. The predicted molar refractivity (Wildman–Crippen MR) is 43.3 cm³/mol. The van der Waals surface area contributed by atoms with Crippen LogP contribution in [0.4, 0.5) is 0 Å². The summed E-state index contributed by atoms with van der Waals surface area (Å²) in [6.07, 6.45) is 1.11. The van der Waals surface area contributed by atoms with Crippen molar-refractivity contribution in [3.63, 3.8) is 0 Å². The van der Waals surface area contributed by atoms with Crippen molar-refractivity contribution in [2.24, 2.45) is 0 Å². The molecule has 0 radical (unpaired) electrons. The lowest BCUT2D eigenvalue weighted by molar-refractivity contribution is -0.168. The van der Waals surface area contributed by atoms with Crippen LogP contribution in [-0.4, -0.2) is 23.3 Å². The summed E-state index contributed by atoms with van der Waals surface area (Å²) in [6, 6.07) is 0. The second-order valence-corrected chi connectivity index (χ2v) is 3.34. The minimum atomic E-state index is -0.712. The van der Waals surface area contributed by atoms with Gasteiger partial charge in [-0.1, -0.05) is 18.7 Å². The van der Waals surface area contributed by atoms with Gasteiger partial charge < -0.3 is 9.47 Å². The van der Waals surface area contributed by atoms with E-state index in [0.29, 0.717) is 6.42 Å². The Labute approximate surface area is 74.6 Å². The maximum atomic E-state index is 10.9. The fourth-order valence-electron chi connectivity index (χ4n) is 0.740. The molecule has 1 rings (SSSR count). The highest BCUT2D eigenvalue weighted by molar-refractivity contribution is 8.00. The molecule has 4 nitrogen and oxygen atoms in total. The molecule has 0 aromatic heterocycles. The molecular formula is C7H10O4S. The number of esters is 2. The molecule has 1 aliphatic heterocycles. The maximum absolute atomic E-state index is 10.9. The van der Waals surface area contributed by atoms with Gasteiger partial charge in [0.05, 0.1) is 5.75 Å². The van der Waals surface area contributed by atoms with Gasteiger partial charge in [0.1, 0.15) is 0 Å². The molecule has 0 spiro atoms. The lowest BCUT2D eigenvalue weighted by atomic mass is 10.3. The Bertz CT molecular complexity index is 192. The minimum absolute atomic E-state index is 0.268. The molecule has 0 saturated carbocycles. The number of ether oxygens (including phenoxy) is 2. The lowest BCUT2D eigenvalue weighted by Crippen LogP contribution is -2.14. The molecule has 0 bridgehead atoms. The van der Waals surface area contributed by atoms with E-state index in [1.165, 1.54) is 11.8 Å². The number of cyclic esters (lactones) is 1. The average molecular weight is 190 g/mol. The number of carbonyl (C=O) groups is 2.